The highest BCUT2D eigenvalue weighted by Crippen LogP contribution is 2.46. The van der Waals surface area contributed by atoms with E-state index in [0.717, 1.165) is 25.7 Å². The van der Waals surface area contributed by atoms with Crippen LogP contribution in [0, 0.1) is 11.3 Å². The van der Waals surface area contributed by atoms with Gasteiger partial charge in [0.15, 0.2) is 0 Å². The van der Waals surface area contributed by atoms with Crippen LogP contribution in [0.2, 0.25) is 0 Å². The standard InChI is InChI=1S/C33H50N4O8S/c1-7-19-17-33(19,30(40)42-6)36-28(38)23-15-21(44-24-16-25(43-8-2)34-22-13-14-46-26(22)24)18-37(23)29(39)27(32(3,4)5)35-31(41)45-20-11-9-10-12-20/h7,13-14,19-27,34H,1,8-12,15-18H2,2-6H3,(H,35,41)(H,36,38)/t19-,21-,22?,23+,24?,25?,26?,27-,33-/m1/s1. The maximum Gasteiger partial charge on any atom is 0.408 e. The van der Waals surface area contributed by atoms with Crippen LogP contribution >= 0.6 is 11.8 Å². The number of fused-ring (bicyclic) bond motifs is 1. The predicted octanol–water partition coefficient (Wildman–Crippen LogP) is 3.01. The van der Waals surface area contributed by atoms with Gasteiger partial charge in [-0.15, -0.1) is 18.3 Å². The molecule has 13 heteroatoms. The average molecular weight is 663 g/mol. The molecule has 2 aliphatic carbocycles. The van der Waals surface area contributed by atoms with E-state index >= 15 is 0 Å². The summed E-state index contributed by atoms with van der Waals surface area (Å²) in [4.78, 5) is 55.7. The van der Waals surface area contributed by atoms with Crippen molar-refractivity contribution in [1.29, 1.82) is 0 Å². The summed E-state index contributed by atoms with van der Waals surface area (Å²) < 4.78 is 23.3. The molecule has 2 saturated heterocycles. The highest BCUT2D eigenvalue weighted by Gasteiger charge is 2.62. The summed E-state index contributed by atoms with van der Waals surface area (Å²) in [7, 11) is 1.28. The fourth-order valence-corrected chi connectivity index (χ4v) is 8.34. The van der Waals surface area contributed by atoms with Crippen molar-refractivity contribution in [3.63, 3.8) is 0 Å². The minimum Gasteiger partial charge on any atom is -0.467 e. The summed E-state index contributed by atoms with van der Waals surface area (Å²) in [6.45, 7) is 12.1. The Bertz CT molecular complexity index is 1200. The molecule has 0 aromatic heterocycles. The van der Waals surface area contributed by atoms with Gasteiger partial charge in [0.1, 0.15) is 30.0 Å². The van der Waals surface area contributed by atoms with Crippen molar-refractivity contribution in [3.05, 3.63) is 24.1 Å². The van der Waals surface area contributed by atoms with Crippen LogP contribution < -0.4 is 16.0 Å². The summed E-state index contributed by atoms with van der Waals surface area (Å²) in [5.74, 6) is -1.70. The van der Waals surface area contributed by atoms with Gasteiger partial charge in [-0.25, -0.2) is 9.59 Å². The lowest BCUT2D eigenvalue weighted by Crippen LogP contribution is -2.59. The van der Waals surface area contributed by atoms with Gasteiger partial charge in [0.2, 0.25) is 11.8 Å². The Morgan fingerprint density at radius 2 is 1.91 bits per heavy atom. The SMILES string of the molecule is C=C[C@@H]1C[C@]1(NC(=O)[C@@H]1C[C@@H](OC2CC(OCC)NC3C=CSC32)CN1C(=O)[C@@H](NC(=O)OC1CCCC1)C(C)(C)C)C(=O)OC. The van der Waals surface area contributed by atoms with E-state index in [1.807, 2.05) is 27.7 Å². The number of methoxy groups -OCH3 is 1. The largest absolute Gasteiger partial charge is 0.467 e. The summed E-state index contributed by atoms with van der Waals surface area (Å²) in [6, 6.07) is -1.81. The maximum absolute atomic E-state index is 14.4. The van der Waals surface area contributed by atoms with E-state index in [4.69, 9.17) is 18.9 Å². The first kappa shape index (κ1) is 34.7. The van der Waals surface area contributed by atoms with Crippen molar-refractivity contribution >= 4 is 35.6 Å². The number of hydrogen-bond donors (Lipinski definition) is 3. The number of nitrogens with zero attached hydrogens (tertiary/aromatic N) is 1. The van der Waals surface area contributed by atoms with Crippen molar-refractivity contribution in [2.45, 2.75) is 126 Å². The van der Waals surface area contributed by atoms with Crippen LogP contribution in [0.5, 0.6) is 0 Å². The summed E-state index contributed by atoms with van der Waals surface area (Å²) in [5, 5.41) is 11.4. The molecule has 3 amide bonds. The third-order valence-corrected chi connectivity index (χ3v) is 11.0. The van der Waals surface area contributed by atoms with Gasteiger partial charge in [0.05, 0.1) is 24.6 Å². The molecule has 3 aliphatic heterocycles. The van der Waals surface area contributed by atoms with Crippen molar-refractivity contribution in [3.8, 4) is 0 Å². The molecule has 4 fully saturated rings. The maximum atomic E-state index is 14.4. The fourth-order valence-electron chi connectivity index (χ4n) is 7.21. The van der Waals surface area contributed by atoms with Crippen molar-refractivity contribution in [1.82, 2.24) is 20.9 Å². The van der Waals surface area contributed by atoms with E-state index in [1.54, 1.807) is 17.8 Å². The quantitative estimate of drug-likeness (QED) is 0.223. The molecule has 9 atom stereocenters. The van der Waals surface area contributed by atoms with E-state index in [2.05, 4.69) is 34.0 Å². The lowest BCUT2D eigenvalue weighted by Gasteiger charge is -2.39. The first-order valence-corrected chi connectivity index (χ1v) is 17.5. The fraction of sp³-hybridized carbons (Fsp3) is 0.758. The topological polar surface area (TPSA) is 145 Å². The second-order valence-electron chi connectivity index (χ2n) is 14.1. The Morgan fingerprint density at radius 3 is 2.54 bits per heavy atom. The smallest absolute Gasteiger partial charge is 0.408 e. The van der Waals surface area contributed by atoms with Gasteiger partial charge in [-0.1, -0.05) is 32.9 Å². The van der Waals surface area contributed by atoms with Gasteiger partial charge < -0.3 is 34.5 Å². The molecule has 3 N–H and O–H groups in total. The molecule has 0 radical (unpaired) electrons. The number of rotatable bonds is 11. The molecule has 0 spiro atoms. The van der Waals surface area contributed by atoms with Gasteiger partial charge in [-0.2, -0.15) is 0 Å². The van der Waals surface area contributed by atoms with Gasteiger partial charge in [0, 0.05) is 38.0 Å². The van der Waals surface area contributed by atoms with Gasteiger partial charge in [0.25, 0.3) is 0 Å². The third-order valence-electron chi connectivity index (χ3n) is 9.80. The number of thioether (sulfide) groups is 1. The molecule has 0 aromatic carbocycles. The zero-order chi connectivity index (χ0) is 33.2. The van der Waals surface area contributed by atoms with Gasteiger partial charge >= 0.3 is 12.1 Å². The number of piperidine rings is 1. The van der Waals surface area contributed by atoms with E-state index in [0.29, 0.717) is 19.4 Å². The van der Waals surface area contributed by atoms with E-state index in [1.165, 1.54) is 12.0 Å². The first-order chi connectivity index (χ1) is 21.9. The molecule has 0 aromatic rings. The van der Waals surface area contributed by atoms with Crippen LogP contribution in [-0.2, 0) is 33.3 Å². The molecule has 2 saturated carbocycles. The highest BCUT2D eigenvalue weighted by atomic mass is 32.2. The summed E-state index contributed by atoms with van der Waals surface area (Å²) in [6.07, 6.45) is 6.96. The lowest BCUT2D eigenvalue weighted by atomic mass is 9.85. The number of ether oxygens (including phenoxy) is 4. The van der Waals surface area contributed by atoms with E-state index < -0.39 is 53.0 Å². The molecule has 12 nitrogen and oxygen atoms in total. The second-order valence-corrected chi connectivity index (χ2v) is 15.2. The molecule has 3 heterocycles. The molecule has 256 valence electrons. The Hall–Kier alpha value is -2.61. The zero-order valence-corrected chi connectivity index (χ0v) is 28.4. The number of carbonyl (C=O) groups excluding carboxylic acids is 4. The van der Waals surface area contributed by atoms with Crippen LogP contribution in [0.1, 0.15) is 72.6 Å². The van der Waals surface area contributed by atoms with Crippen LogP contribution in [-0.4, -0.2) is 102 Å². The number of alkyl carbamates (subject to hydrolysis) is 1. The normalized spacial score (nSPS) is 34.5. The minimum atomic E-state index is -1.22. The summed E-state index contributed by atoms with van der Waals surface area (Å²) >= 11 is 1.70. The van der Waals surface area contributed by atoms with Crippen LogP contribution in [0.3, 0.4) is 0 Å². The number of nitrogens with one attached hydrogen (secondary N) is 3. The van der Waals surface area contributed by atoms with E-state index in [9.17, 15) is 19.2 Å². The van der Waals surface area contributed by atoms with Crippen molar-refractivity contribution < 1.29 is 38.1 Å². The first-order valence-electron chi connectivity index (χ1n) is 16.6. The Kier molecular flexibility index (Phi) is 10.8. The van der Waals surface area contributed by atoms with Crippen LogP contribution in [0.15, 0.2) is 24.1 Å². The minimum absolute atomic E-state index is 0.0875. The number of carbonyl (C=O) groups is 4. The van der Waals surface area contributed by atoms with Crippen LogP contribution in [0.4, 0.5) is 4.79 Å². The molecule has 5 aliphatic rings. The molecule has 4 unspecified atom stereocenters. The Morgan fingerprint density at radius 1 is 1.17 bits per heavy atom. The summed E-state index contributed by atoms with van der Waals surface area (Å²) in [5.41, 5.74) is -1.91. The number of hydrogen-bond acceptors (Lipinski definition) is 10. The monoisotopic (exact) mass is 662 g/mol. The average Bonchev–Trinajstić information content (AvgIpc) is 3.45. The van der Waals surface area contributed by atoms with Crippen LogP contribution in [0.25, 0.3) is 0 Å². The number of esters is 1. The van der Waals surface area contributed by atoms with Gasteiger partial charge in [-0.05, 0) is 49.9 Å². The Labute approximate surface area is 276 Å². The third kappa shape index (κ3) is 7.42. The molecular weight excluding hydrogens is 612 g/mol. The highest BCUT2D eigenvalue weighted by molar-refractivity contribution is 8.03. The van der Waals surface area contributed by atoms with Crippen molar-refractivity contribution in [2.24, 2.45) is 11.3 Å². The Balaban J connectivity index is 1.37. The molecule has 0 bridgehead atoms. The van der Waals surface area contributed by atoms with E-state index in [-0.39, 0.29) is 48.6 Å². The molecular formula is C33H50N4O8S. The zero-order valence-electron chi connectivity index (χ0n) is 27.6. The number of likely N-dealkylation sites (tertiary alicyclic amines) is 1. The number of amides is 3. The predicted molar refractivity (Wildman–Crippen MR) is 173 cm³/mol. The molecule has 5 rings (SSSR count). The van der Waals surface area contributed by atoms with Gasteiger partial charge in [-0.3, -0.25) is 14.9 Å². The molecule has 46 heavy (non-hydrogen) atoms. The van der Waals surface area contributed by atoms with Crippen molar-refractivity contribution in [2.75, 3.05) is 20.3 Å². The second kappa shape index (κ2) is 14.2. The lowest BCUT2D eigenvalue weighted by molar-refractivity contribution is -0.148.